The van der Waals surface area contributed by atoms with E-state index < -0.39 is 59.9 Å². The maximum atomic E-state index is 15.1. The molecule has 5 rings (SSSR count). The molecular weight excluding hydrogens is 587 g/mol. The number of allylic oxidation sites excluding steroid dienone is 4. The van der Waals surface area contributed by atoms with E-state index in [-0.39, 0.29) is 31.1 Å². The predicted molar refractivity (Wildman–Crippen MR) is 151 cm³/mol. The minimum atomic E-state index is -5.90. The van der Waals surface area contributed by atoms with Crippen LogP contribution in [-0.2, 0) is 9.59 Å². The number of amides is 2. The fourth-order valence-corrected chi connectivity index (χ4v) is 8.12. The maximum Gasteiger partial charge on any atom is 0.456 e. The molecule has 1 aromatic carbocycles. The summed E-state index contributed by atoms with van der Waals surface area (Å²) in [6.45, 7) is 0.994. The summed E-state index contributed by atoms with van der Waals surface area (Å²) < 4.78 is 71.5. The number of urea groups is 1. The van der Waals surface area contributed by atoms with Gasteiger partial charge in [0.2, 0.25) is 0 Å². The molecule has 5 atom stereocenters. The molecule has 0 heterocycles. The lowest BCUT2D eigenvalue weighted by molar-refractivity contribution is -0.362. The van der Waals surface area contributed by atoms with Gasteiger partial charge >= 0.3 is 24.1 Å². The van der Waals surface area contributed by atoms with Crippen LogP contribution >= 0.6 is 0 Å². The molecule has 4 N–H and O–H groups in total. The summed E-state index contributed by atoms with van der Waals surface area (Å²) >= 11 is 0. The molecule has 1 aromatic rings. The molecule has 0 aromatic heterocycles. The maximum absolute atomic E-state index is 15.1. The minimum Gasteiger partial charge on any atom is -0.480 e. The van der Waals surface area contributed by atoms with Crippen LogP contribution in [0.5, 0.6) is 0 Å². The van der Waals surface area contributed by atoms with Crippen molar-refractivity contribution in [2.24, 2.45) is 17.3 Å². The van der Waals surface area contributed by atoms with Crippen molar-refractivity contribution < 1.29 is 46.5 Å². The number of carbonyl (C=O) groups excluding carboxylic acids is 2. The molecule has 12 heteroatoms. The number of fused-ring (bicyclic) bond motifs is 4. The van der Waals surface area contributed by atoms with Gasteiger partial charge in [0, 0.05) is 24.3 Å². The van der Waals surface area contributed by atoms with E-state index in [0.29, 0.717) is 25.7 Å². The Morgan fingerprint density at radius 1 is 1.05 bits per heavy atom. The number of alkyl halides is 5. The van der Waals surface area contributed by atoms with Gasteiger partial charge in [0.05, 0.1) is 0 Å². The molecule has 4 aliphatic carbocycles. The van der Waals surface area contributed by atoms with Gasteiger partial charge in [0.15, 0.2) is 5.78 Å². The number of benzene rings is 1. The van der Waals surface area contributed by atoms with E-state index in [1.54, 1.807) is 42.5 Å². The second kappa shape index (κ2) is 11.4. The average Bonchev–Trinajstić information content (AvgIpc) is 3.24. The van der Waals surface area contributed by atoms with Crippen molar-refractivity contribution in [3.05, 3.63) is 64.3 Å². The highest BCUT2D eigenvalue weighted by molar-refractivity contribution is 5.93. The van der Waals surface area contributed by atoms with Gasteiger partial charge in [-0.2, -0.15) is 22.0 Å². The largest absolute Gasteiger partial charge is 0.480 e. The number of aliphatic hydroxyl groups is 1. The van der Waals surface area contributed by atoms with Gasteiger partial charge in [-0.1, -0.05) is 48.9 Å². The second-order valence-electron chi connectivity index (χ2n) is 12.5. The molecule has 0 saturated heterocycles. The van der Waals surface area contributed by atoms with E-state index in [0.717, 1.165) is 27.8 Å². The van der Waals surface area contributed by atoms with Crippen LogP contribution < -0.4 is 10.6 Å². The molecule has 2 unspecified atom stereocenters. The molecule has 0 bridgehead atoms. The lowest BCUT2D eigenvalue weighted by atomic mass is 9.50. The van der Waals surface area contributed by atoms with E-state index in [2.05, 4.69) is 10.6 Å². The average molecular weight is 623 g/mol. The van der Waals surface area contributed by atoms with Crippen LogP contribution in [0.1, 0.15) is 68.9 Å². The lowest BCUT2D eigenvalue weighted by Gasteiger charge is -2.56. The first-order chi connectivity index (χ1) is 20.6. The first kappa shape index (κ1) is 31.9. The van der Waals surface area contributed by atoms with Crippen LogP contribution in [0.25, 0.3) is 6.08 Å². The summed E-state index contributed by atoms with van der Waals surface area (Å²) in [5, 5.41) is 24.7. The quantitative estimate of drug-likeness (QED) is 0.282. The summed E-state index contributed by atoms with van der Waals surface area (Å²) in [7, 11) is 0. The number of carbonyl (C=O) groups is 3. The second-order valence-corrected chi connectivity index (χ2v) is 12.5. The van der Waals surface area contributed by atoms with E-state index in [1.165, 1.54) is 6.92 Å². The SMILES string of the molecule is C[C@]12C[C@H](c3ccc(/C=C/CNC(=O)NCC(=O)O)cc3)C3=C4CCC(=O)C=C4CCC3C1CC[C@@]2(O)C(F)(F)C(F)(F)F. The number of ketones is 1. The lowest BCUT2D eigenvalue weighted by Crippen LogP contribution is -2.65. The molecule has 0 spiro atoms. The number of nitrogens with one attached hydrogen (secondary N) is 2. The Morgan fingerprint density at radius 3 is 2.41 bits per heavy atom. The summed E-state index contributed by atoms with van der Waals surface area (Å²) in [5.41, 5.74) is -0.605. The highest BCUT2D eigenvalue weighted by Gasteiger charge is 2.79. The predicted octanol–water partition coefficient (Wildman–Crippen LogP) is 5.91. The zero-order chi connectivity index (χ0) is 32.1. The molecule has 7 nitrogen and oxygen atoms in total. The Morgan fingerprint density at radius 2 is 1.75 bits per heavy atom. The van der Waals surface area contributed by atoms with Crippen LogP contribution in [0, 0.1) is 17.3 Å². The highest BCUT2D eigenvalue weighted by atomic mass is 19.4. The third kappa shape index (κ3) is 5.35. The molecule has 0 radical (unpaired) electrons. The van der Waals surface area contributed by atoms with E-state index in [4.69, 9.17) is 5.11 Å². The van der Waals surface area contributed by atoms with Crippen molar-refractivity contribution in [3.63, 3.8) is 0 Å². The molecule has 238 valence electrons. The van der Waals surface area contributed by atoms with E-state index in [1.807, 2.05) is 0 Å². The fraction of sp³-hybridized carbons (Fsp3) is 0.531. The van der Waals surface area contributed by atoms with Crippen LogP contribution in [0.3, 0.4) is 0 Å². The first-order valence-corrected chi connectivity index (χ1v) is 14.7. The summed E-state index contributed by atoms with van der Waals surface area (Å²) in [6, 6.07) is 6.51. The van der Waals surface area contributed by atoms with Gasteiger partial charge < -0.3 is 20.8 Å². The van der Waals surface area contributed by atoms with Crippen molar-refractivity contribution in [2.45, 2.75) is 75.5 Å². The Hall–Kier alpha value is -3.54. The van der Waals surface area contributed by atoms with Crippen molar-refractivity contribution >= 4 is 23.9 Å². The Bertz CT molecular complexity index is 1430. The number of halogens is 5. The fourth-order valence-electron chi connectivity index (χ4n) is 8.12. The van der Waals surface area contributed by atoms with Gasteiger partial charge in [-0.25, -0.2) is 4.79 Å². The van der Waals surface area contributed by atoms with Crippen molar-refractivity contribution in [1.82, 2.24) is 10.6 Å². The van der Waals surface area contributed by atoms with Crippen LogP contribution in [0.15, 0.2) is 53.1 Å². The smallest absolute Gasteiger partial charge is 0.456 e. The first-order valence-electron chi connectivity index (χ1n) is 14.7. The number of carboxylic acid groups (broad SMARTS) is 1. The van der Waals surface area contributed by atoms with Crippen molar-refractivity contribution in [2.75, 3.05) is 13.1 Å². The number of carboxylic acids is 1. The normalized spacial score (nSPS) is 30.4. The molecule has 0 aliphatic heterocycles. The summed E-state index contributed by atoms with van der Waals surface area (Å²) in [4.78, 5) is 34.4. The van der Waals surface area contributed by atoms with Crippen LogP contribution in [-0.4, -0.2) is 58.8 Å². The van der Waals surface area contributed by atoms with Crippen molar-refractivity contribution in [1.29, 1.82) is 0 Å². The molecule has 2 amide bonds. The van der Waals surface area contributed by atoms with Gasteiger partial charge in [-0.15, -0.1) is 0 Å². The topological polar surface area (TPSA) is 116 Å². The standard InChI is InChI=1S/C32H35F5N2O5/c1-29-16-24(19-6-4-18(5-7-19)3-2-14-38-28(43)39-17-26(41)42)27-22-11-9-21(40)15-20(22)8-10-23(27)25(29)12-13-30(29,44)31(33,34)32(35,36)37/h2-7,15,23-25,44H,8-14,16-17H2,1H3,(H,41,42)(H2,38,39,43)/b3-2+/t23?,24-,25?,29+,30+/m1/s1. The number of hydrogen-bond donors (Lipinski definition) is 4. The molecular formula is C32H35F5N2O5. The minimum absolute atomic E-state index is 0.0186. The monoisotopic (exact) mass is 622 g/mol. The van der Waals surface area contributed by atoms with E-state index >= 15 is 8.78 Å². The van der Waals surface area contributed by atoms with Crippen LogP contribution in [0.2, 0.25) is 0 Å². The zero-order valence-electron chi connectivity index (χ0n) is 24.1. The Balaban J connectivity index is 1.47. The number of aliphatic carboxylic acids is 1. The molecule has 2 saturated carbocycles. The summed E-state index contributed by atoms with van der Waals surface area (Å²) in [5.74, 6) is -7.84. The number of hydrogen-bond acceptors (Lipinski definition) is 4. The molecule has 2 fully saturated rings. The molecule has 4 aliphatic rings. The summed E-state index contributed by atoms with van der Waals surface area (Å²) in [6.07, 6.45) is 0.260. The third-order valence-electron chi connectivity index (χ3n) is 10.2. The number of rotatable bonds is 7. The van der Waals surface area contributed by atoms with Gasteiger partial charge in [-0.05, 0) is 78.7 Å². The van der Waals surface area contributed by atoms with Gasteiger partial charge in [-0.3, -0.25) is 9.59 Å². The van der Waals surface area contributed by atoms with Gasteiger partial charge in [0.1, 0.15) is 12.1 Å². The van der Waals surface area contributed by atoms with Crippen molar-refractivity contribution in [3.8, 4) is 0 Å². The molecule has 44 heavy (non-hydrogen) atoms. The third-order valence-corrected chi connectivity index (χ3v) is 10.2. The Kier molecular flexibility index (Phi) is 8.28. The van der Waals surface area contributed by atoms with Crippen LogP contribution in [0.4, 0.5) is 26.7 Å². The Labute approximate surface area is 251 Å². The van der Waals surface area contributed by atoms with E-state index in [9.17, 15) is 32.7 Å². The zero-order valence-corrected chi connectivity index (χ0v) is 24.1. The van der Waals surface area contributed by atoms with Gasteiger partial charge in [0.25, 0.3) is 0 Å². The highest BCUT2D eigenvalue weighted by Crippen LogP contribution is 2.70.